The summed E-state index contributed by atoms with van der Waals surface area (Å²) in [6.45, 7) is 3.27. The van der Waals surface area contributed by atoms with Gasteiger partial charge in [-0.1, -0.05) is 30.3 Å². The van der Waals surface area contributed by atoms with Crippen molar-refractivity contribution in [3.63, 3.8) is 0 Å². The topological polar surface area (TPSA) is 4.93 Å². The lowest BCUT2D eigenvalue weighted by molar-refractivity contribution is 0.752. The average Bonchev–Trinajstić information content (AvgIpc) is 2.69. The quantitative estimate of drug-likeness (QED) is 0.774. The summed E-state index contributed by atoms with van der Waals surface area (Å²) < 4.78 is 2.33. The molecule has 0 fully saturated rings. The molecule has 16 heavy (non-hydrogen) atoms. The van der Waals surface area contributed by atoms with Crippen LogP contribution in [0.5, 0.6) is 0 Å². The first-order valence-electron chi connectivity index (χ1n) is 5.52. The van der Waals surface area contributed by atoms with Gasteiger partial charge in [-0.15, -0.1) is 0 Å². The van der Waals surface area contributed by atoms with Crippen LogP contribution in [0, 0.1) is 6.92 Å². The lowest BCUT2D eigenvalue weighted by atomic mass is 10.1. The minimum Gasteiger partial charge on any atom is -0.350 e. The number of hydrogen-bond acceptors (Lipinski definition) is 1. The van der Waals surface area contributed by atoms with Crippen molar-refractivity contribution in [3.05, 3.63) is 48.3 Å². The first-order valence-corrected chi connectivity index (χ1v) is 6.92. The van der Waals surface area contributed by atoms with Crippen molar-refractivity contribution >= 4 is 11.8 Å². The van der Waals surface area contributed by atoms with Gasteiger partial charge in [0.1, 0.15) is 0 Å². The third-order valence-electron chi connectivity index (χ3n) is 2.76. The number of thioether (sulfide) groups is 1. The molecule has 84 valence electrons. The molecule has 0 N–H and O–H groups in total. The highest BCUT2D eigenvalue weighted by atomic mass is 32.2. The molecule has 0 saturated heterocycles. The predicted molar refractivity (Wildman–Crippen MR) is 73.0 cm³/mol. The van der Waals surface area contributed by atoms with Crippen molar-refractivity contribution < 1.29 is 0 Å². The van der Waals surface area contributed by atoms with Crippen LogP contribution in [-0.2, 0) is 6.54 Å². The average molecular weight is 231 g/mol. The van der Waals surface area contributed by atoms with E-state index in [2.05, 4.69) is 60.3 Å². The van der Waals surface area contributed by atoms with Gasteiger partial charge in [-0.2, -0.15) is 11.8 Å². The zero-order valence-corrected chi connectivity index (χ0v) is 10.6. The van der Waals surface area contributed by atoms with Crippen LogP contribution in [0.1, 0.15) is 5.69 Å². The van der Waals surface area contributed by atoms with Crippen molar-refractivity contribution in [3.8, 4) is 11.1 Å². The lowest BCUT2D eigenvalue weighted by Crippen LogP contribution is -1.99. The van der Waals surface area contributed by atoms with E-state index in [0.717, 1.165) is 6.54 Å². The largest absolute Gasteiger partial charge is 0.350 e. The Bertz CT molecular complexity index is 445. The molecule has 0 spiro atoms. The summed E-state index contributed by atoms with van der Waals surface area (Å²) in [4.78, 5) is 0. The van der Waals surface area contributed by atoms with Crippen LogP contribution >= 0.6 is 11.8 Å². The minimum atomic E-state index is 1.10. The maximum absolute atomic E-state index is 2.33. The van der Waals surface area contributed by atoms with Gasteiger partial charge in [0.05, 0.1) is 0 Å². The van der Waals surface area contributed by atoms with E-state index in [1.807, 2.05) is 11.8 Å². The van der Waals surface area contributed by atoms with Gasteiger partial charge in [0.2, 0.25) is 0 Å². The minimum absolute atomic E-state index is 1.10. The molecule has 0 bridgehead atoms. The number of aromatic nitrogens is 1. The highest BCUT2D eigenvalue weighted by molar-refractivity contribution is 7.98. The fourth-order valence-corrected chi connectivity index (χ4v) is 2.21. The molecule has 0 aliphatic rings. The van der Waals surface area contributed by atoms with E-state index in [9.17, 15) is 0 Å². The van der Waals surface area contributed by atoms with Gasteiger partial charge < -0.3 is 4.57 Å². The molecule has 0 unspecified atom stereocenters. The van der Waals surface area contributed by atoms with Crippen LogP contribution < -0.4 is 0 Å². The molecule has 0 aliphatic carbocycles. The van der Waals surface area contributed by atoms with Crippen molar-refractivity contribution in [1.82, 2.24) is 4.57 Å². The Labute approximate surface area is 101 Å². The Morgan fingerprint density at radius 1 is 1.12 bits per heavy atom. The maximum Gasteiger partial charge on any atom is 0.0313 e. The molecule has 0 saturated carbocycles. The van der Waals surface area contributed by atoms with E-state index >= 15 is 0 Å². The summed E-state index contributed by atoms with van der Waals surface area (Å²) >= 11 is 1.89. The van der Waals surface area contributed by atoms with Gasteiger partial charge in [0.15, 0.2) is 0 Å². The Hall–Kier alpha value is -1.15. The molecular formula is C14H17NS. The molecule has 0 aliphatic heterocycles. The molecule has 1 aromatic heterocycles. The van der Waals surface area contributed by atoms with Gasteiger partial charge in [-0.05, 0) is 30.4 Å². The molecule has 0 atom stereocenters. The SMILES string of the molecule is CSCCn1cc(-c2ccccc2)cc1C. The molecule has 2 rings (SSSR count). The third-order valence-corrected chi connectivity index (χ3v) is 3.35. The Balaban J connectivity index is 2.24. The molecule has 0 radical (unpaired) electrons. The van der Waals surface area contributed by atoms with E-state index in [-0.39, 0.29) is 0 Å². The van der Waals surface area contributed by atoms with Gasteiger partial charge in [0, 0.05) is 24.2 Å². The predicted octanol–water partition coefficient (Wildman–Crippen LogP) is 3.83. The van der Waals surface area contributed by atoms with E-state index in [4.69, 9.17) is 0 Å². The summed E-state index contributed by atoms with van der Waals surface area (Å²) in [6, 6.07) is 12.8. The van der Waals surface area contributed by atoms with Gasteiger partial charge in [-0.25, -0.2) is 0 Å². The highest BCUT2D eigenvalue weighted by Gasteiger charge is 2.03. The second-order valence-corrected chi connectivity index (χ2v) is 4.91. The monoisotopic (exact) mass is 231 g/mol. The summed E-state index contributed by atoms with van der Waals surface area (Å²) in [5, 5.41) is 0. The fourth-order valence-electron chi connectivity index (χ4n) is 1.83. The number of aryl methyl sites for hydroxylation is 2. The van der Waals surface area contributed by atoms with Crippen LogP contribution in [0.4, 0.5) is 0 Å². The van der Waals surface area contributed by atoms with Gasteiger partial charge in [0.25, 0.3) is 0 Å². The number of nitrogens with zero attached hydrogens (tertiary/aromatic N) is 1. The molecular weight excluding hydrogens is 214 g/mol. The van der Waals surface area contributed by atoms with Crippen LogP contribution in [-0.4, -0.2) is 16.6 Å². The highest BCUT2D eigenvalue weighted by Crippen LogP contribution is 2.21. The molecule has 2 heteroatoms. The van der Waals surface area contributed by atoms with Crippen LogP contribution in [0.15, 0.2) is 42.6 Å². The summed E-state index contributed by atoms with van der Waals surface area (Å²) in [5.74, 6) is 1.17. The molecule has 0 amide bonds. The van der Waals surface area contributed by atoms with Gasteiger partial charge in [-0.3, -0.25) is 0 Å². The Morgan fingerprint density at radius 3 is 2.56 bits per heavy atom. The van der Waals surface area contributed by atoms with Crippen molar-refractivity contribution in [2.75, 3.05) is 12.0 Å². The standard InChI is InChI=1S/C14H17NS/c1-12-10-14(11-15(12)8-9-16-2)13-6-4-3-5-7-13/h3-7,10-11H,8-9H2,1-2H3. The Kier molecular flexibility index (Phi) is 3.73. The lowest BCUT2D eigenvalue weighted by Gasteiger charge is -2.03. The van der Waals surface area contributed by atoms with Crippen molar-refractivity contribution in [2.24, 2.45) is 0 Å². The number of hydrogen-bond donors (Lipinski definition) is 0. The van der Waals surface area contributed by atoms with Gasteiger partial charge >= 0.3 is 0 Å². The van der Waals surface area contributed by atoms with E-state index < -0.39 is 0 Å². The second kappa shape index (κ2) is 5.26. The van der Waals surface area contributed by atoms with E-state index in [1.54, 1.807) is 0 Å². The number of benzene rings is 1. The summed E-state index contributed by atoms with van der Waals surface area (Å²) in [7, 11) is 0. The maximum atomic E-state index is 2.33. The normalized spacial score (nSPS) is 10.6. The summed E-state index contributed by atoms with van der Waals surface area (Å²) in [6.07, 6.45) is 4.40. The molecule has 1 aromatic carbocycles. The molecule has 1 heterocycles. The molecule has 1 nitrogen and oxygen atoms in total. The van der Waals surface area contributed by atoms with E-state index in [1.165, 1.54) is 22.6 Å². The van der Waals surface area contributed by atoms with Crippen molar-refractivity contribution in [2.45, 2.75) is 13.5 Å². The van der Waals surface area contributed by atoms with Crippen LogP contribution in [0.3, 0.4) is 0 Å². The first-order chi connectivity index (χ1) is 7.81. The first kappa shape index (κ1) is 11.3. The Morgan fingerprint density at radius 2 is 1.88 bits per heavy atom. The molecule has 2 aromatic rings. The smallest absolute Gasteiger partial charge is 0.0313 e. The van der Waals surface area contributed by atoms with Crippen LogP contribution in [0.2, 0.25) is 0 Å². The summed E-state index contributed by atoms with van der Waals surface area (Å²) in [5.41, 5.74) is 3.96. The number of rotatable bonds is 4. The third kappa shape index (κ3) is 2.50. The fraction of sp³-hybridized carbons (Fsp3) is 0.286. The van der Waals surface area contributed by atoms with Crippen molar-refractivity contribution in [1.29, 1.82) is 0 Å². The zero-order valence-electron chi connectivity index (χ0n) is 9.81. The van der Waals surface area contributed by atoms with Crippen LogP contribution in [0.25, 0.3) is 11.1 Å². The van der Waals surface area contributed by atoms with E-state index in [0.29, 0.717) is 0 Å². The zero-order chi connectivity index (χ0) is 11.4. The second-order valence-electron chi connectivity index (χ2n) is 3.92.